The van der Waals surface area contributed by atoms with E-state index in [1.54, 1.807) is 6.20 Å². The van der Waals surface area contributed by atoms with Gasteiger partial charge in [-0.15, -0.1) is 0 Å². The second-order valence-corrected chi connectivity index (χ2v) is 8.65. The second kappa shape index (κ2) is 11.1. The van der Waals surface area contributed by atoms with Gasteiger partial charge in [0.1, 0.15) is 0 Å². The molecule has 0 unspecified atom stereocenters. The maximum absolute atomic E-state index is 12.6. The Kier molecular flexibility index (Phi) is 8.47. The highest BCUT2D eigenvalue weighted by atomic mass is 19.4. The first-order valence-corrected chi connectivity index (χ1v) is 11.1. The van der Waals surface area contributed by atoms with Crippen molar-refractivity contribution < 1.29 is 37.3 Å². The first-order valence-electron chi connectivity index (χ1n) is 11.1. The van der Waals surface area contributed by atoms with Crippen LogP contribution in [0.2, 0.25) is 0 Å². The lowest BCUT2D eigenvalue weighted by molar-refractivity contribution is -0.192. The van der Waals surface area contributed by atoms with Crippen molar-refractivity contribution in [2.45, 2.75) is 69.4 Å². The van der Waals surface area contributed by atoms with Gasteiger partial charge in [-0.1, -0.05) is 17.7 Å². The number of nitrogens with zero attached hydrogens (tertiary/aromatic N) is 2. The van der Waals surface area contributed by atoms with Gasteiger partial charge in [-0.25, -0.2) is 4.79 Å². The van der Waals surface area contributed by atoms with E-state index in [9.17, 15) is 18.0 Å². The van der Waals surface area contributed by atoms with Crippen LogP contribution in [0.15, 0.2) is 36.2 Å². The number of hydrogen-bond acceptors (Lipinski definition) is 5. The maximum Gasteiger partial charge on any atom is 0.490 e. The molecule has 3 heterocycles. The van der Waals surface area contributed by atoms with Crippen LogP contribution in [0.4, 0.5) is 13.2 Å². The summed E-state index contributed by atoms with van der Waals surface area (Å²) in [5.41, 5.74) is 2.21. The number of aromatic nitrogens is 1. The molecule has 3 aliphatic rings. The van der Waals surface area contributed by atoms with E-state index in [1.807, 2.05) is 23.2 Å². The molecular formula is C23H29F3N2O5. The fraction of sp³-hybridized carbons (Fsp3) is 0.609. The van der Waals surface area contributed by atoms with Crippen LogP contribution in [-0.4, -0.2) is 64.4 Å². The molecule has 1 amide bonds. The number of carboxylic acid groups (broad SMARTS) is 1. The molecule has 4 rings (SSSR count). The largest absolute Gasteiger partial charge is 0.490 e. The number of amides is 1. The molecule has 33 heavy (non-hydrogen) atoms. The quantitative estimate of drug-likeness (QED) is 0.657. The third-order valence-electron chi connectivity index (χ3n) is 6.06. The van der Waals surface area contributed by atoms with E-state index < -0.39 is 12.1 Å². The predicted molar refractivity (Wildman–Crippen MR) is 112 cm³/mol. The number of alkyl halides is 3. The van der Waals surface area contributed by atoms with Gasteiger partial charge in [-0.2, -0.15) is 13.2 Å². The number of aliphatic carboxylic acids is 1. The number of carboxylic acids is 1. The number of pyridine rings is 1. The van der Waals surface area contributed by atoms with Crippen LogP contribution >= 0.6 is 0 Å². The predicted octanol–water partition coefficient (Wildman–Crippen LogP) is 3.88. The van der Waals surface area contributed by atoms with Crippen LogP contribution in [-0.2, 0) is 25.7 Å². The van der Waals surface area contributed by atoms with Crippen molar-refractivity contribution in [3.8, 4) is 0 Å². The van der Waals surface area contributed by atoms with Gasteiger partial charge in [0.25, 0.3) is 0 Å². The number of carbonyl (C=O) groups excluding carboxylic acids is 1. The highest BCUT2D eigenvalue weighted by molar-refractivity contribution is 5.79. The molecule has 182 valence electrons. The van der Waals surface area contributed by atoms with E-state index in [2.05, 4.69) is 11.1 Å². The first-order chi connectivity index (χ1) is 15.7. The zero-order chi connectivity index (χ0) is 23.9. The van der Waals surface area contributed by atoms with E-state index >= 15 is 0 Å². The molecular weight excluding hydrogens is 441 g/mol. The van der Waals surface area contributed by atoms with E-state index in [-0.39, 0.29) is 17.6 Å². The summed E-state index contributed by atoms with van der Waals surface area (Å²) in [7, 11) is 0. The molecule has 2 fully saturated rings. The molecule has 0 aromatic carbocycles. The molecule has 0 saturated carbocycles. The number of carbonyl (C=O) groups is 2. The number of rotatable bonds is 5. The Morgan fingerprint density at radius 2 is 2.12 bits per heavy atom. The van der Waals surface area contributed by atoms with Crippen LogP contribution in [0.3, 0.4) is 0 Å². The molecule has 7 nitrogen and oxygen atoms in total. The fourth-order valence-corrected chi connectivity index (χ4v) is 4.32. The summed E-state index contributed by atoms with van der Waals surface area (Å²) in [4.78, 5) is 27.7. The Balaban J connectivity index is 0.000000383. The van der Waals surface area contributed by atoms with E-state index in [0.717, 1.165) is 37.8 Å². The third-order valence-corrected chi connectivity index (χ3v) is 6.06. The highest BCUT2D eigenvalue weighted by Crippen LogP contribution is 2.37. The molecule has 1 N–H and O–H groups in total. The molecule has 2 atom stereocenters. The highest BCUT2D eigenvalue weighted by Gasteiger charge is 2.47. The smallest absolute Gasteiger partial charge is 0.475 e. The summed E-state index contributed by atoms with van der Waals surface area (Å²) in [5.74, 6) is -2.49. The zero-order valence-corrected chi connectivity index (χ0v) is 18.4. The van der Waals surface area contributed by atoms with Crippen LogP contribution in [0.25, 0.3) is 0 Å². The summed E-state index contributed by atoms with van der Waals surface area (Å²) in [6.45, 7) is 2.70. The molecule has 1 aliphatic carbocycles. The van der Waals surface area contributed by atoms with Gasteiger partial charge in [0.05, 0.1) is 24.9 Å². The van der Waals surface area contributed by atoms with Crippen molar-refractivity contribution >= 4 is 11.9 Å². The Labute approximate surface area is 190 Å². The molecule has 0 radical (unpaired) electrons. The number of likely N-dealkylation sites (tertiary alicyclic amines) is 1. The summed E-state index contributed by atoms with van der Waals surface area (Å²) in [6, 6.07) is 3.95. The van der Waals surface area contributed by atoms with Crippen molar-refractivity contribution in [1.29, 1.82) is 0 Å². The number of ether oxygens (including phenoxy) is 2. The normalized spacial score (nSPS) is 24.9. The van der Waals surface area contributed by atoms with Gasteiger partial charge in [-0.05, 0) is 43.7 Å². The minimum atomic E-state index is -5.08. The van der Waals surface area contributed by atoms with Crippen molar-refractivity contribution in [1.82, 2.24) is 9.88 Å². The van der Waals surface area contributed by atoms with Gasteiger partial charge in [0, 0.05) is 38.3 Å². The average molecular weight is 470 g/mol. The van der Waals surface area contributed by atoms with E-state index in [1.165, 1.54) is 18.4 Å². The van der Waals surface area contributed by atoms with Crippen molar-refractivity contribution in [3.05, 3.63) is 41.7 Å². The average Bonchev–Trinajstić information content (AvgIpc) is 3.40. The minimum Gasteiger partial charge on any atom is -0.475 e. The molecule has 2 saturated heterocycles. The van der Waals surface area contributed by atoms with Gasteiger partial charge in [-0.3, -0.25) is 9.78 Å². The molecule has 0 bridgehead atoms. The van der Waals surface area contributed by atoms with Gasteiger partial charge >= 0.3 is 12.1 Å². The fourth-order valence-electron chi connectivity index (χ4n) is 4.32. The topological polar surface area (TPSA) is 89.0 Å². The van der Waals surface area contributed by atoms with Crippen LogP contribution in [0.5, 0.6) is 0 Å². The zero-order valence-electron chi connectivity index (χ0n) is 18.4. The lowest BCUT2D eigenvalue weighted by atomic mass is 9.96. The SMILES string of the molecule is O=C(CC1=CCCCC1)N1CC[C@]2(C[C@@H](OCc3cccnc3)CO2)C1.O=C(O)C(F)(F)F. The third kappa shape index (κ3) is 7.53. The standard InChI is InChI=1S/C21H28N2O3.C2HF3O2/c24-20(11-17-5-2-1-3-6-17)23-10-8-21(16-23)12-19(15-26-21)25-14-18-7-4-9-22-13-18;3-2(4,5)1(6)7/h4-5,7,9,13,19H,1-3,6,8,10-12,14-16H2;(H,6,7)/t19-,21+;/m1./s1. The maximum atomic E-state index is 12.6. The monoisotopic (exact) mass is 470 g/mol. The summed E-state index contributed by atoms with van der Waals surface area (Å²) in [5, 5.41) is 7.12. The minimum absolute atomic E-state index is 0.103. The van der Waals surface area contributed by atoms with Gasteiger partial charge in [0.2, 0.25) is 5.91 Å². The van der Waals surface area contributed by atoms with Crippen molar-refractivity contribution in [2.24, 2.45) is 0 Å². The Morgan fingerprint density at radius 1 is 1.33 bits per heavy atom. The van der Waals surface area contributed by atoms with Crippen LogP contribution < -0.4 is 0 Å². The Bertz CT molecular complexity index is 846. The van der Waals surface area contributed by atoms with Crippen molar-refractivity contribution in [3.63, 3.8) is 0 Å². The number of halogens is 3. The summed E-state index contributed by atoms with van der Waals surface area (Å²) in [6.07, 6.45) is 7.99. The summed E-state index contributed by atoms with van der Waals surface area (Å²) < 4.78 is 43.9. The van der Waals surface area contributed by atoms with Crippen molar-refractivity contribution in [2.75, 3.05) is 19.7 Å². The molecule has 1 spiro atoms. The van der Waals surface area contributed by atoms with E-state index in [0.29, 0.717) is 26.2 Å². The Hall–Kier alpha value is -2.46. The summed E-state index contributed by atoms with van der Waals surface area (Å²) >= 11 is 0. The first kappa shape index (κ1) is 25.2. The second-order valence-electron chi connectivity index (χ2n) is 8.65. The van der Waals surface area contributed by atoms with Crippen LogP contribution in [0, 0.1) is 0 Å². The van der Waals surface area contributed by atoms with Crippen LogP contribution in [0.1, 0.15) is 50.5 Å². The van der Waals surface area contributed by atoms with Gasteiger partial charge < -0.3 is 19.5 Å². The lowest BCUT2D eigenvalue weighted by Gasteiger charge is -2.24. The molecule has 10 heteroatoms. The Morgan fingerprint density at radius 3 is 2.76 bits per heavy atom. The van der Waals surface area contributed by atoms with Gasteiger partial charge in [0.15, 0.2) is 0 Å². The number of hydrogen-bond donors (Lipinski definition) is 1. The van der Waals surface area contributed by atoms with E-state index in [4.69, 9.17) is 19.4 Å². The molecule has 2 aliphatic heterocycles. The molecule has 1 aromatic rings. The molecule has 1 aromatic heterocycles. The number of allylic oxidation sites excluding steroid dienone is 1. The lowest BCUT2D eigenvalue weighted by Crippen LogP contribution is -2.36.